The van der Waals surface area contributed by atoms with Crippen molar-refractivity contribution >= 4 is 34.9 Å². The number of hydrogen-bond acceptors (Lipinski definition) is 4. The van der Waals surface area contributed by atoms with Gasteiger partial charge in [0.15, 0.2) is 0 Å². The number of aromatic amines is 1. The monoisotopic (exact) mass is 282 g/mol. The second kappa shape index (κ2) is 6.01. The molecule has 3 rings (SSSR count). The number of nitrogens with one attached hydrogen (secondary N) is 3. The van der Waals surface area contributed by atoms with Crippen molar-refractivity contribution in [3.8, 4) is 0 Å². The zero-order valence-corrected chi connectivity index (χ0v) is 11.0. The Morgan fingerprint density at radius 1 is 1.47 bits per heavy atom. The van der Waals surface area contributed by atoms with Gasteiger partial charge in [-0.15, -0.1) is 12.4 Å². The molecule has 1 atom stereocenters. The van der Waals surface area contributed by atoms with Crippen molar-refractivity contribution in [3.05, 3.63) is 24.4 Å². The Balaban J connectivity index is 0.00000133. The first kappa shape index (κ1) is 13.8. The molecule has 7 heteroatoms. The van der Waals surface area contributed by atoms with Crippen molar-refractivity contribution in [3.63, 3.8) is 0 Å². The number of nitrogens with zero attached hydrogens (tertiary/aromatic N) is 1. The van der Waals surface area contributed by atoms with Crippen LogP contribution in [0, 0.1) is 0 Å². The lowest BCUT2D eigenvalue weighted by Gasteiger charge is -2.22. The standard InChI is InChI=1S/C12H14N4O2.ClH/c17-12(11-7-18-4-3-13-11)15-9-1-2-10-8(5-9)6-14-16-10;/h1-2,5-6,11,13H,3-4,7H2,(H,14,16)(H,15,17);1H. The maximum absolute atomic E-state index is 12.0. The molecule has 19 heavy (non-hydrogen) atoms. The number of H-pyrrole nitrogens is 1. The van der Waals surface area contributed by atoms with Gasteiger partial charge in [-0.25, -0.2) is 0 Å². The van der Waals surface area contributed by atoms with Crippen molar-refractivity contribution < 1.29 is 9.53 Å². The van der Waals surface area contributed by atoms with E-state index in [2.05, 4.69) is 20.8 Å². The van der Waals surface area contributed by atoms with Gasteiger partial charge in [0.1, 0.15) is 6.04 Å². The summed E-state index contributed by atoms with van der Waals surface area (Å²) in [6.07, 6.45) is 1.73. The van der Waals surface area contributed by atoms with E-state index in [4.69, 9.17) is 4.74 Å². The fourth-order valence-corrected chi connectivity index (χ4v) is 1.98. The van der Waals surface area contributed by atoms with Gasteiger partial charge in [0.05, 0.1) is 24.9 Å². The molecular formula is C12H15ClN4O2. The van der Waals surface area contributed by atoms with Crippen LogP contribution in [0.3, 0.4) is 0 Å². The predicted molar refractivity (Wildman–Crippen MR) is 74.6 cm³/mol. The second-order valence-electron chi connectivity index (χ2n) is 4.24. The zero-order chi connectivity index (χ0) is 12.4. The van der Waals surface area contributed by atoms with Crippen LogP contribution in [0.5, 0.6) is 0 Å². The highest BCUT2D eigenvalue weighted by atomic mass is 35.5. The van der Waals surface area contributed by atoms with Crippen LogP contribution in [0.1, 0.15) is 0 Å². The van der Waals surface area contributed by atoms with E-state index in [0.717, 1.165) is 16.6 Å². The number of hydrogen-bond donors (Lipinski definition) is 3. The summed E-state index contributed by atoms with van der Waals surface area (Å²) in [5, 5.41) is 13.8. The molecule has 102 valence electrons. The quantitative estimate of drug-likeness (QED) is 0.765. The average molecular weight is 283 g/mol. The Hall–Kier alpha value is -1.63. The van der Waals surface area contributed by atoms with E-state index in [-0.39, 0.29) is 24.4 Å². The molecule has 1 aromatic carbocycles. The number of fused-ring (bicyclic) bond motifs is 1. The van der Waals surface area contributed by atoms with E-state index in [0.29, 0.717) is 19.8 Å². The van der Waals surface area contributed by atoms with Gasteiger partial charge in [0, 0.05) is 17.6 Å². The molecular weight excluding hydrogens is 268 g/mol. The maximum atomic E-state index is 12.0. The SMILES string of the molecule is Cl.O=C(Nc1ccc2[nH]ncc2c1)C1COCCN1. The van der Waals surface area contributed by atoms with E-state index in [1.165, 1.54) is 0 Å². The van der Waals surface area contributed by atoms with Crippen LogP contribution in [0.4, 0.5) is 5.69 Å². The summed E-state index contributed by atoms with van der Waals surface area (Å²) in [5.74, 6) is -0.0717. The average Bonchev–Trinajstić information content (AvgIpc) is 2.87. The summed E-state index contributed by atoms with van der Waals surface area (Å²) in [4.78, 5) is 12.0. The summed E-state index contributed by atoms with van der Waals surface area (Å²) in [7, 11) is 0. The van der Waals surface area contributed by atoms with Crippen LogP contribution in [-0.2, 0) is 9.53 Å². The molecule has 0 spiro atoms. The van der Waals surface area contributed by atoms with Gasteiger partial charge in [-0.2, -0.15) is 5.10 Å². The van der Waals surface area contributed by atoms with Gasteiger partial charge in [-0.3, -0.25) is 9.89 Å². The molecule has 0 bridgehead atoms. The highest BCUT2D eigenvalue weighted by Gasteiger charge is 2.21. The number of rotatable bonds is 2. The third-order valence-corrected chi connectivity index (χ3v) is 2.95. The van der Waals surface area contributed by atoms with Gasteiger partial charge in [-0.05, 0) is 18.2 Å². The first-order chi connectivity index (χ1) is 8.83. The predicted octanol–water partition coefficient (Wildman–Crippen LogP) is 0.912. The first-order valence-electron chi connectivity index (χ1n) is 5.88. The summed E-state index contributed by atoms with van der Waals surface area (Å²) in [5.41, 5.74) is 1.72. The zero-order valence-electron chi connectivity index (χ0n) is 10.2. The fourth-order valence-electron chi connectivity index (χ4n) is 1.98. The van der Waals surface area contributed by atoms with Crippen LogP contribution in [0.25, 0.3) is 10.9 Å². The number of amides is 1. The largest absolute Gasteiger partial charge is 0.378 e. The molecule has 3 N–H and O–H groups in total. The smallest absolute Gasteiger partial charge is 0.243 e. The van der Waals surface area contributed by atoms with Crippen LogP contribution in [0.2, 0.25) is 0 Å². The van der Waals surface area contributed by atoms with E-state index < -0.39 is 0 Å². The molecule has 1 aromatic heterocycles. The first-order valence-corrected chi connectivity index (χ1v) is 5.88. The summed E-state index contributed by atoms with van der Waals surface area (Å²) < 4.78 is 5.26. The van der Waals surface area contributed by atoms with E-state index in [9.17, 15) is 4.79 Å². The minimum Gasteiger partial charge on any atom is -0.378 e. The Morgan fingerprint density at radius 2 is 2.37 bits per heavy atom. The number of aromatic nitrogens is 2. The number of carbonyl (C=O) groups is 1. The van der Waals surface area contributed by atoms with Crippen LogP contribution in [0.15, 0.2) is 24.4 Å². The third-order valence-electron chi connectivity index (χ3n) is 2.95. The van der Waals surface area contributed by atoms with Gasteiger partial charge in [-0.1, -0.05) is 0 Å². The molecule has 1 amide bonds. The van der Waals surface area contributed by atoms with Crippen LogP contribution in [-0.4, -0.2) is 41.9 Å². The molecule has 1 aliphatic heterocycles. The summed E-state index contributed by atoms with van der Waals surface area (Å²) >= 11 is 0. The van der Waals surface area contributed by atoms with Crippen molar-refractivity contribution in [1.29, 1.82) is 0 Å². The molecule has 1 fully saturated rings. The molecule has 2 aromatic rings. The Kier molecular flexibility index (Phi) is 4.36. The molecule has 6 nitrogen and oxygen atoms in total. The van der Waals surface area contributed by atoms with Crippen molar-refractivity contribution in [2.75, 3.05) is 25.1 Å². The molecule has 1 unspecified atom stereocenters. The fraction of sp³-hybridized carbons (Fsp3) is 0.333. The Bertz CT molecular complexity index is 566. The van der Waals surface area contributed by atoms with Crippen LogP contribution < -0.4 is 10.6 Å². The van der Waals surface area contributed by atoms with Gasteiger partial charge < -0.3 is 15.4 Å². The van der Waals surface area contributed by atoms with Crippen molar-refractivity contribution in [2.45, 2.75) is 6.04 Å². The number of carbonyl (C=O) groups excluding carboxylic acids is 1. The molecule has 0 radical (unpaired) electrons. The number of ether oxygens (including phenoxy) is 1. The minimum atomic E-state index is -0.279. The Morgan fingerprint density at radius 3 is 3.16 bits per heavy atom. The normalized spacial score (nSPS) is 18.8. The minimum absolute atomic E-state index is 0. The number of benzene rings is 1. The molecule has 1 saturated heterocycles. The lowest BCUT2D eigenvalue weighted by atomic mass is 10.2. The number of anilines is 1. The second-order valence-corrected chi connectivity index (χ2v) is 4.24. The number of halogens is 1. The molecule has 1 aliphatic rings. The molecule has 0 saturated carbocycles. The lowest BCUT2D eigenvalue weighted by Crippen LogP contribution is -2.48. The molecule has 0 aliphatic carbocycles. The topological polar surface area (TPSA) is 79.0 Å². The highest BCUT2D eigenvalue weighted by molar-refractivity contribution is 5.96. The molecule has 2 heterocycles. The van der Waals surface area contributed by atoms with E-state index in [1.54, 1.807) is 6.20 Å². The van der Waals surface area contributed by atoms with Crippen molar-refractivity contribution in [2.24, 2.45) is 0 Å². The van der Waals surface area contributed by atoms with E-state index >= 15 is 0 Å². The van der Waals surface area contributed by atoms with Crippen LogP contribution >= 0.6 is 12.4 Å². The lowest BCUT2D eigenvalue weighted by molar-refractivity contribution is -0.120. The Labute approximate surface area is 116 Å². The van der Waals surface area contributed by atoms with Gasteiger partial charge in [0.2, 0.25) is 5.91 Å². The van der Waals surface area contributed by atoms with Crippen molar-refractivity contribution in [1.82, 2.24) is 15.5 Å². The highest BCUT2D eigenvalue weighted by Crippen LogP contribution is 2.16. The third kappa shape index (κ3) is 3.04. The summed E-state index contributed by atoms with van der Waals surface area (Å²) in [6.45, 7) is 1.78. The maximum Gasteiger partial charge on any atom is 0.243 e. The number of morpholine rings is 1. The van der Waals surface area contributed by atoms with Gasteiger partial charge >= 0.3 is 0 Å². The van der Waals surface area contributed by atoms with E-state index in [1.807, 2.05) is 18.2 Å². The summed E-state index contributed by atoms with van der Waals surface area (Å²) in [6, 6.07) is 5.35. The van der Waals surface area contributed by atoms with Gasteiger partial charge in [0.25, 0.3) is 0 Å².